The molecule has 1 amide bonds. The van der Waals surface area contributed by atoms with E-state index in [1.54, 1.807) is 29.2 Å². The zero-order chi connectivity index (χ0) is 23.2. The van der Waals surface area contributed by atoms with Crippen LogP contribution in [0.3, 0.4) is 0 Å². The number of anilines is 2. The summed E-state index contributed by atoms with van der Waals surface area (Å²) in [5, 5.41) is 3.47. The van der Waals surface area contributed by atoms with Gasteiger partial charge in [-0.25, -0.2) is 4.39 Å². The number of amides is 1. The Labute approximate surface area is 192 Å². The van der Waals surface area contributed by atoms with Gasteiger partial charge in [0.15, 0.2) is 5.78 Å². The van der Waals surface area contributed by atoms with Crippen molar-refractivity contribution in [1.82, 2.24) is 0 Å². The maximum absolute atomic E-state index is 14.4. The summed E-state index contributed by atoms with van der Waals surface area (Å²) in [6.45, 7) is 4.13. The van der Waals surface area contributed by atoms with Crippen LogP contribution in [0.2, 0.25) is 0 Å². The molecule has 5 heteroatoms. The Morgan fingerprint density at radius 2 is 1.70 bits per heavy atom. The van der Waals surface area contributed by atoms with Crippen LogP contribution in [0.25, 0.3) is 0 Å². The third-order valence-electron chi connectivity index (χ3n) is 6.30. The molecule has 3 aromatic rings. The van der Waals surface area contributed by atoms with Gasteiger partial charge in [-0.1, -0.05) is 56.3 Å². The highest BCUT2D eigenvalue weighted by Crippen LogP contribution is 2.48. The van der Waals surface area contributed by atoms with Gasteiger partial charge in [-0.05, 0) is 53.8 Å². The summed E-state index contributed by atoms with van der Waals surface area (Å²) in [6.07, 6.45) is 1.02. The fraction of sp³-hybridized carbons (Fsp3) is 0.214. The molecule has 3 aromatic carbocycles. The third kappa shape index (κ3) is 3.84. The Balaban J connectivity index is 1.80. The number of benzene rings is 3. The molecule has 5 rings (SSSR count). The minimum atomic E-state index is -0.747. The molecule has 1 aliphatic heterocycles. The second-order valence-electron chi connectivity index (χ2n) is 9.47. The van der Waals surface area contributed by atoms with Crippen LogP contribution < -0.4 is 10.2 Å². The molecule has 1 N–H and O–H groups in total. The highest BCUT2D eigenvalue weighted by atomic mass is 19.1. The summed E-state index contributed by atoms with van der Waals surface area (Å²) in [6, 6.07) is 22.0. The molecule has 0 spiro atoms. The number of hydrogen-bond donors (Lipinski definition) is 1. The average molecular weight is 441 g/mol. The maximum Gasteiger partial charge on any atom is 0.259 e. The summed E-state index contributed by atoms with van der Waals surface area (Å²) in [5.74, 6) is -0.678. The smallest absolute Gasteiger partial charge is 0.259 e. The molecule has 33 heavy (non-hydrogen) atoms. The molecular weight excluding hydrogens is 415 g/mol. The second-order valence-corrected chi connectivity index (χ2v) is 9.47. The van der Waals surface area contributed by atoms with E-state index in [0.29, 0.717) is 35.2 Å². The highest BCUT2D eigenvalue weighted by molar-refractivity contribution is 6.12. The van der Waals surface area contributed by atoms with Crippen LogP contribution >= 0.6 is 0 Å². The molecule has 1 heterocycles. The standard InChI is InChI=1S/C28H25FN2O2/c1-28(2)16-22-25(24(32)17-28)26(19-11-8-12-20(29)15-19)31(23-14-7-6-13-21(23)30-22)27(33)18-9-4-3-5-10-18/h3-15,26,30H,16-17H2,1-2H3/t26-/m1/s1. The molecule has 0 saturated carbocycles. The van der Waals surface area contributed by atoms with Crippen molar-refractivity contribution in [2.24, 2.45) is 5.41 Å². The van der Waals surface area contributed by atoms with Crippen LogP contribution in [-0.4, -0.2) is 11.7 Å². The van der Waals surface area contributed by atoms with Gasteiger partial charge in [0.1, 0.15) is 5.82 Å². The molecule has 1 atom stereocenters. The highest BCUT2D eigenvalue weighted by Gasteiger charge is 2.43. The van der Waals surface area contributed by atoms with Crippen molar-refractivity contribution < 1.29 is 14.0 Å². The minimum Gasteiger partial charge on any atom is -0.357 e. The van der Waals surface area contributed by atoms with Gasteiger partial charge < -0.3 is 5.32 Å². The van der Waals surface area contributed by atoms with Crippen molar-refractivity contribution in [3.05, 3.63) is 107 Å². The van der Waals surface area contributed by atoms with E-state index in [1.165, 1.54) is 12.1 Å². The summed E-state index contributed by atoms with van der Waals surface area (Å²) >= 11 is 0. The molecule has 2 aliphatic rings. The summed E-state index contributed by atoms with van der Waals surface area (Å²) < 4.78 is 14.4. The summed E-state index contributed by atoms with van der Waals surface area (Å²) in [5.41, 5.74) is 3.57. The lowest BCUT2D eigenvalue weighted by molar-refractivity contribution is -0.118. The van der Waals surface area contributed by atoms with Gasteiger partial charge in [0, 0.05) is 23.3 Å². The number of carbonyl (C=O) groups is 2. The Bertz CT molecular complexity index is 1280. The van der Waals surface area contributed by atoms with E-state index in [2.05, 4.69) is 19.2 Å². The Kier molecular flexibility index (Phi) is 5.12. The molecule has 0 fully saturated rings. The lowest BCUT2D eigenvalue weighted by atomic mass is 9.73. The topological polar surface area (TPSA) is 49.4 Å². The van der Waals surface area contributed by atoms with E-state index in [1.807, 2.05) is 42.5 Å². The number of nitrogens with one attached hydrogen (secondary N) is 1. The zero-order valence-corrected chi connectivity index (χ0v) is 18.6. The van der Waals surface area contributed by atoms with E-state index in [4.69, 9.17) is 0 Å². The number of rotatable bonds is 2. The molecule has 0 bridgehead atoms. The molecular formula is C28H25FN2O2. The first-order chi connectivity index (χ1) is 15.8. The minimum absolute atomic E-state index is 0.0262. The number of fused-ring (bicyclic) bond motifs is 1. The Hall–Kier alpha value is -3.73. The predicted molar refractivity (Wildman–Crippen MR) is 128 cm³/mol. The van der Waals surface area contributed by atoms with Gasteiger partial charge in [0.25, 0.3) is 5.91 Å². The SMILES string of the molecule is CC1(C)CC(=O)C2=C(C1)Nc1ccccc1N(C(=O)c1ccccc1)[C@@H]2c1cccc(F)c1. The zero-order valence-electron chi connectivity index (χ0n) is 18.6. The van der Waals surface area contributed by atoms with Gasteiger partial charge >= 0.3 is 0 Å². The number of nitrogens with zero attached hydrogens (tertiary/aromatic N) is 1. The van der Waals surface area contributed by atoms with Crippen LogP contribution in [-0.2, 0) is 4.79 Å². The van der Waals surface area contributed by atoms with Crippen molar-refractivity contribution in [3.8, 4) is 0 Å². The van der Waals surface area contributed by atoms with Crippen LogP contribution in [0.5, 0.6) is 0 Å². The van der Waals surface area contributed by atoms with Crippen molar-refractivity contribution in [1.29, 1.82) is 0 Å². The van der Waals surface area contributed by atoms with E-state index >= 15 is 0 Å². The molecule has 0 saturated heterocycles. The van der Waals surface area contributed by atoms with Crippen LogP contribution in [0, 0.1) is 11.2 Å². The number of hydrogen-bond acceptors (Lipinski definition) is 3. The fourth-order valence-electron chi connectivity index (χ4n) is 4.92. The predicted octanol–water partition coefficient (Wildman–Crippen LogP) is 6.28. The van der Waals surface area contributed by atoms with E-state index in [0.717, 1.165) is 11.4 Å². The molecule has 166 valence electrons. The first-order valence-electron chi connectivity index (χ1n) is 11.1. The largest absolute Gasteiger partial charge is 0.357 e. The van der Waals surface area contributed by atoms with Gasteiger partial charge in [0.2, 0.25) is 0 Å². The van der Waals surface area contributed by atoms with Crippen molar-refractivity contribution in [2.75, 3.05) is 10.2 Å². The van der Waals surface area contributed by atoms with Crippen LogP contribution in [0.4, 0.5) is 15.8 Å². The second kappa shape index (κ2) is 8.00. The average Bonchev–Trinajstić information content (AvgIpc) is 2.92. The number of Topliss-reactive ketones (excluding diaryl/α,β-unsaturated/α-hetero) is 1. The quantitative estimate of drug-likeness (QED) is 0.510. The van der Waals surface area contributed by atoms with Crippen molar-refractivity contribution in [3.63, 3.8) is 0 Å². The molecule has 0 unspecified atom stereocenters. The van der Waals surface area contributed by atoms with Crippen LogP contribution in [0.15, 0.2) is 90.1 Å². The maximum atomic E-state index is 14.4. The summed E-state index contributed by atoms with van der Waals surface area (Å²) in [4.78, 5) is 29.2. The van der Waals surface area contributed by atoms with E-state index < -0.39 is 11.9 Å². The first-order valence-corrected chi connectivity index (χ1v) is 11.1. The van der Waals surface area contributed by atoms with Crippen LogP contribution in [0.1, 0.15) is 48.7 Å². The molecule has 1 aliphatic carbocycles. The van der Waals surface area contributed by atoms with Gasteiger partial charge in [-0.15, -0.1) is 0 Å². The molecule has 0 aromatic heterocycles. The van der Waals surface area contributed by atoms with Crippen molar-refractivity contribution >= 4 is 23.1 Å². The molecule has 0 radical (unpaired) electrons. The van der Waals surface area contributed by atoms with Crippen molar-refractivity contribution in [2.45, 2.75) is 32.7 Å². The lowest BCUT2D eigenvalue weighted by Gasteiger charge is -2.37. The number of para-hydroxylation sites is 2. The Morgan fingerprint density at radius 1 is 0.970 bits per heavy atom. The first kappa shape index (κ1) is 21.1. The van der Waals surface area contributed by atoms with Gasteiger partial charge in [-0.3, -0.25) is 14.5 Å². The summed E-state index contributed by atoms with van der Waals surface area (Å²) in [7, 11) is 0. The monoisotopic (exact) mass is 440 g/mol. The third-order valence-corrected chi connectivity index (χ3v) is 6.30. The number of allylic oxidation sites excluding steroid dienone is 1. The van der Waals surface area contributed by atoms with E-state index in [-0.39, 0.29) is 17.1 Å². The van der Waals surface area contributed by atoms with Gasteiger partial charge in [-0.2, -0.15) is 0 Å². The molecule has 4 nitrogen and oxygen atoms in total. The normalized spacial score (nSPS) is 19.3. The lowest BCUT2D eigenvalue weighted by Crippen LogP contribution is -2.39. The fourth-order valence-corrected chi connectivity index (χ4v) is 4.92. The van der Waals surface area contributed by atoms with E-state index in [9.17, 15) is 14.0 Å². The number of ketones is 1. The van der Waals surface area contributed by atoms with Gasteiger partial charge in [0.05, 0.1) is 17.4 Å². The number of halogens is 1. The Morgan fingerprint density at radius 3 is 2.45 bits per heavy atom. The number of carbonyl (C=O) groups excluding carboxylic acids is 2.